The van der Waals surface area contributed by atoms with Crippen LogP contribution in [0.2, 0.25) is 0 Å². The smallest absolute Gasteiger partial charge is 0.225 e. The van der Waals surface area contributed by atoms with Crippen molar-refractivity contribution in [2.45, 2.75) is 45.1 Å². The van der Waals surface area contributed by atoms with E-state index in [2.05, 4.69) is 22.3 Å². The molecule has 1 saturated heterocycles. The monoisotopic (exact) mass is 251 g/mol. The number of aryl methyl sites for hydroxylation is 1. The third-order valence-corrected chi connectivity index (χ3v) is 3.23. The van der Waals surface area contributed by atoms with Gasteiger partial charge in [-0.3, -0.25) is 4.79 Å². The Labute approximate surface area is 107 Å². The number of hydrogen-bond donors (Lipinski definition) is 2. The van der Waals surface area contributed by atoms with Crippen molar-refractivity contribution in [3.63, 3.8) is 0 Å². The highest BCUT2D eigenvalue weighted by atomic mass is 16.1. The number of nitrogens with two attached hydrogens (primary N) is 1. The summed E-state index contributed by atoms with van der Waals surface area (Å²) in [6.45, 7) is 4.99. The lowest BCUT2D eigenvalue weighted by Gasteiger charge is -2.09. The first kappa shape index (κ1) is 13.0. The molecule has 1 fully saturated rings. The summed E-state index contributed by atoms with van der Waals surface area (Å²) < 4.78 is 1.96. The molecule has 100 valence electrons. The number of unbranched alkanes of at least 4 members (excludes halogenated alkanes) is 1. The Morgan fingerprint density at radius 3 is 3.06 bits per heavy atom. The molecule has 0 bridgehead atoms. The largest absolute Gasteiger partial charge is 0.369 e. The molecular weight excluding hydrogens is 230 g/mol. The van der Waals surface area contributed by atoms with E-state index in [0.29, 0.717) is 11.7 Å². The number of carbonyl (C=O) groups excluding carboxylic acids is 1. The van der Waals surface area contributed by atoms with Gasteiger partial charge in [-0.15, -0.1) is 0 Å². The van der Waals surface area contributed by atoms with E-state index in [1.807, 2.05) is 4.68 Å². The number of aromatic nitrogens is 3. The Bertz CT molecular complexity index is 409. The molecule has 0 unspecified atom stereocenters. The third kappa shape index (κ3) is 3.07. The van der Waals surface area contributed by atoms with E-state index in [1.165, 1.54) is 0 Å². The summed E-state index contributed by atoms with van der Waals surface area (Å²) in [5.74, 6) is 1.60. The second-order valence-corrected chi connectivity index (χ2v) is 4.80. The maximum Gasteiger partial charge on any atom is 0.225 e. The topological polar surface area (TPSA) is 85.8 Å². The zero-order valence-electron chi connectivity index (χ0n) is 10.9. The van der Waals surface area contributed by atoms with Crippen molar-refractivity contribution in [1.29, 1.82) is 0 Å². The molecule has 18 heavy (non-hydrogen) atoms. The summed E-state index contributed by atoms with van der Waals surface area (Å²) in [7, 11) is 0. The highest BCUT2D eigenvalue weighted by molar-refractivity contribution is 5.75. The van der Waals surface area contributed by atoms with Gasteiger partial charge in [0.25, 0.3) is 0 Å². The van der Waals surface area contributed by atoms with Gasteiger partial charge in [0.15, 0.2) is 5.82 Å². The van der Waals surface area contributed by atoms with Gasteiger partial charge >= 0.3 is 0 Å². The molecule has 0 radical (unpaired) electrons. The number of rotatable bonds is 6. The number of nitrogens with one attached hydrogen (secondary N) is 1. The Morgan fingerprint density at radius 2 is 2.44 bits per heavy atom. The summed E-state index contributed by atoms with van der Waals surface area (Å²) in [5.41, 5.74) is 5.20. The molecule has 1 amide bonds. The minimum Gasteiger partial charge on any atom is -0.369 e. The van der Waals surface area contributed by atoms with Gasteiger partial charge in [0, 0.05) is 19.0 Å². The first-order chi connectivity index (χ1) is 8.70. The second kappa shape index (κ2) is 5.95. The van der Waals surface area contributed by atoms with Crippen molar-refractivity contribution in [3.05, 3.63) is 11.6 Å². The van der Waals surface area contributed by atoms with Crippen LogP contribution in [-0.4, -0.2) is 33.8 Å². The van der Waals surface area contributed by atoms with E-state index in [-0.39, 0.29) is 12.3 Å². The Morgan fingerprint density at radius 1 is 1.61 bits per heavy atom. The molecular formula is C12H21N5O. The minimum absolute atomic E-state index is 0.131. The molecule has 2 heterocycles. The van der Waals surface area contributed by atoms with Gasteiger partial charge in [0.2, 0.25) is 5.91 Å². The molecule has 2 rings (SSSR count). The van der Waals surface area contributed by atoms with Gasteiger partial charge in [-0.2, -0.15) is 5.10 Å². The van der Waals surface area contributed by atoms with Crippen LogP contribution in [0.15, 0.2) is 0 Å². The quantitative estimate of drug-likeness (QED) is 0.755. The molecule has 1 atom stereocenters. The van der Waals surface area contributed by atoms with Crippen LogP contribution >= 0.6 is 0 Å². The highest BCUT2D eigenvalue weighted by Gasteiger charge is 2.23. The summed E-state index contributed by atoms with van der Waals surface area (Å²) >= 11 is 0. The van der Waals surface area contributed by atoms with Gasteiger partial charge < -0.3 is 11.1 Å². The Balaban J connectivity index is 2.17. The molecule has 1 aromatic rings. The fourth-order valence-electron chi connectivity index (χ4n) is 2.28. The number of carbonyl (C=O) groups is 1. The second-order valence-electron chi connectivity index (χ2n) is 4.80. The summed E-state index contributed by atoms with van der Waals surface area (Å²) in [6.07, 6.45) is 3.41. The van der Waals surface area contributed by atoms with Crippen LogP contribution in [-0.2, 0) is 17.8 Å². The lowest BCUT2D eigenvalue weighted by atomic mass is 10.1. The van der Waals surface area contributed by atoms with Gasteiger partial charge in [0.05, 0.1) is 6.42 Å². The van der Waals surface area contributed by atoms with E-state index >= 15 is 0 Å². The van der Waals surface area contributed by atoms with Crippen molar-refractivity contribution >= 4 is 5.91 Å². The predicted octanol–water partition coefficient (Wildman–Crippen LogP) is 0.183. The van der Waals surface area contributed by atoms with Crippen molar-refractivity contribution in [2.24, 2.45) is 5.73 Å². The zero-order chi connectivity index (χ0) is 13.0. The van der Waals surface area contributed by atoms with E-state index in [1.54, 1.807) is 0 Å². The lowest BCUT2D eigenvalue weighted by molar-refractivity contribution is -0.117. The zero-order valence-corrected chi connectivity index (χ0v) is 10.9. The molecule has 0 aliphatic carbocycles. The van der Waals surface area contributed by atoms with E-state index < -0.39 is 0 Å². The summed E-state index contributed by atoms with van der Waals surface area (Å²) in [6, 6.07) is 0. The van der Waals surface area contributed by atoms with E-state index in [9.17, 15) is 4.79 Å². The molecule has 0 aromatic carbocycles. The fourth-order valence-corrected chi connectivity index (χ4v) is 2.28. The molecule has 1 aliphatic heterocycles. The van der Waals surface area contributed by atoms with Crippen molar-refractivity contribution in [2.75, 3.05) is 13.1 Å². The Hall–Kier alpha value is -1.43. The average Bonchev–Trinajstić information content (AvgIpc) is 2.93. The normalized spacial score (nSPS) is 19.3. The van der Waals surface area contributed by atoms with Crippen molar-refractivity contribution in [3.8, 4) is 0 Å². The van der Waals surface area contributed by atoms with Gasteiger partial charge in [-0.05, 0) is 19.4 Å². The van der Waals surface area contributed by atoms with Crippen LogP contribution < -0.4 is 11.1 Å². The maximum absolute atomic E-state index is 10.9. The summed E-state index contributed by atoms with van der Waals surface area (Å²) in [4.78, 5) is 15.4. The third-order valence-electron chi connectivity index (χ3n) is 3.23. The maximum atomic E-state index is 10.9. The Kier molecular flexibility index (Phi) is 4.30. The van der Waals surface area contributed by atoms with Crippen LogP contribution in [0.4, 0.5) is 0 Å². The summed E-state index contributed by atoms with van der Waals surface area (Å²) in [5, 5.41) is 7.74. The molecule has 6 nitrogen and oxygen atoms in total. The molecule has 0 saturated carbocycles. The van der Waals surface area contributed by atoms with Gasteiger partial charge in [-0.25, -0.2) is 9.67 Å². The molecule has 1 aromatic heterocycles. The van der Waals surface area contributed by atoms with Gasteiger partial charge in [0.1, 0.15) is 5.82 Å². The molecule has 0 spiro atoms. The van der Waals surface area contributed by atoms with Crippen molar-refractivity contribution < 1.29 is 4.79 Å². The van der Waals surface area contributed by atoms with Crippen LogP contribution in [0.1, 0.15) is 43.8 Å². The predicted molar refractivity (Wildman–Crippen MR) is 68.1 cm³/mol. The van der Waals surface area contributed by atoms with Crippen LogP contribution in [0.5, 0.6) is 0 Å². The van der Waals surface area contributed by atoms with Crippen molar-refractivity contribution in [1.82, 2.24) is 20.1 Å². The molecule has 3 N–H and O–H groups in total. The SMILES string of the molecule is CCCCn1nc(CC(N)=O)nc1[C@@H]1CCNC1. The number of hydrogen-bond acceptors (Lipinski definition) is 4. The van der Waals surface area contributed by atoms with E-state index in [0.717, 1.165) is 44.7 Å². The van der Waals surface area contributed by atoms with E-state index in [4.69, 9.17) is 5.73 Å². The van der Waals surface area contributed by atoms with Gasteiger partial charge in [-0.1, -0.05) is 13.3 Å². The molecule has 6 heteroatoms. The number of amides is 1. The molecule has 1 aliphatic rings. The van der Waals surface area contributed by atoms with Crippen LogP contribution in [0, 0.1) is 0 Å². The highest BCUT2D eigenvalue weighted by Crippen LogP contribution is 2.21. The number of primary amides is 1. The standard InChI is InChI=1S/C12H21N5O/c1-2-3-6-17-12(9-4-5-14-8-9)15-11(16-17)7-10(13)18/h9,14H,2-8H2,1H3,(H2,13,18)/t9-/m1/s1. The first-order valence-electron chi connectivity index (χ1n) is 6.63. The van der Waals surface area contributed by atoms with Crippen LogP contribution in [0.3, 0.4) is 0 Å². The lowest BCUT2D eigenvalue weighted by Crippen LogP contribution is -2.14. The number of nitrogens with zero attached hydrogens (tertiary/aromatic N) is 3. The average molecular weight is 251 g/mol. The first-order valence-corrected chi connectivity index (χ1v) is 6.63. The minimum atomic E-state index is -0.376. The fraction of sp³-hybridized carbons (Fsp3) is 0.750. The van der Waals surface area contributed by atoms with Crippen LogP contribution in [0.25, 0.3) is 0 Å².